The van der Waals surface area contributed by atoms with Crippen LogP contribution in [0.2, 0.25) is 0 Å². The molecule has 1 fully saturated rings. The number of hydrogen-bond donors (Lipinski definition) is 3. The number of amides is 3. The third-order valence-electron chi connectivity index (χ3n) is 2.44. The van der Waals surface area contributed by atoms with Crippen molar-refractivity contribution in [2.45, 2.75) is 18.9 Å². The molecule has 0 saturated carbocycles. The fourth-order valence-corrected chi connectivity index (χ4v) is 1.56. The maximum absolute atomic E-state index is 11.7. The average Bonchev–Trinajstić information content (AvgIpc) is 2.45. The van der Waals surface area contributed by atoms with E-state index in [1.807, 2.05) is 0 Å². The van der Waals surface area contributed by atoms with Crippen LogP contribution in [0.3, 0.4) is 0 Å². The lowest BCUT2D eigenvalue weighted by molar-refractivity contribution is -0.134. The SMILES string of the molecule is CN.O=C1CCC(NC(=O)c2ccccn2)C(=O)N1. The highest BCUT2D eigenvalue weighted by Gasteiger charge is 2.28. The fourth-order valence-electron chi connectivity index (χ4n) is 1.56. The Morgan fingerprint density at radius 2 is 2.16 bits per heavy atom. The Morgan fingerprint density at radius 1 is 1.42 bits per heavy atom. The first kappa shape index (κ1) is 14.8. The number of carbonyl (C=O) groups is 3. The van der Waals surface area contributed by atoms with E-state index >= 15 is 0 Å². The van der Waals surface area contributed by atoms with Crippen molar-refractivity contribution < 1.29 is 14.4 Å². The molecule has 2 heterocycles. The van der Waals surface area contributed by atoms with Crippen molar-refractivity contribution in [1.82, 2.24) is 15.6 Å². The summed E-state index contributed by atoms with van der Waals surface area (Å²) in [5.74, 6) is -1.19. The van der Waals surface area contributed by atoms with Crippen LogP contribution in [0.15, 0.2) is 24.4 Å². The second-order valence-electron chi connectivity index (χ2n) is 3.69. The molecule has 2 rings (SSSR count). The Balaban J connectivity index is 0.000000861. The van der Waals surface area contributed by atoms with E-state index in [2.05, 4.69) is 21.4 Å². The van der Waals surface area contributed by atoms with Crippen LogP contribution in [0.25, 0.3) is 0 Å². The van der Waals surface area contributed by atoms with Crippen LogP contribution in [0.4, 0.5) is 0 Å². The molecule has 1 aromatic heterocycles. The Bertz CT molecular complexity index is 461. The van der Waals surface area contributed by atoms with Crippen molar-refractivity contribution in [3.8, 4) is 0 Å². The van der Waals surface area contributed by atoms with Crippen LogP contribution < -0.4 is 16.4 Å². The number of rotatable bonds is 2. The highest BCUT2D eigenvalue weighted by Crippen LogP contribution is 2.05. The second-order valence-corrected chi connectivity index (χ2v) is 3.69. The number of hydrogen-bond acceptors (Lipinski definition) is 5. The Morgan fingerprint density at radius 3 is 2.74 bits per heavy atom. The highest BCUT2D eigenvalue weighted by molar-refractivity contribution is 6.03. The molecule has 1 unspecified atom stereocenters. The van der Waals surface area contributed by atoms with E-state index in [9.17, 15) is 14.4 Å². The number of aromatic nitrogens is 1. The summed E-state index contributed by atoms with van der Waals surface area (Å²) < 4.78 is 0. The summed E-state index contributed by atoms with van der Waals surface area (Å²) in [6.45, 7) is 0. The van der Waals surface area contributed by atoms with Gasteiger partial charge in [-0.1, -0.05) is 6.07 Å². The van der Waals surface area contributed by atoms with Gasteiger partial charge in [0.2, 0.25) is 11.8 Å². The Hall–Kier alpha value is -2.28. The lowest BCUT2D eigenvalue weighted by Crippen LogP contribution is -2.52. The largest absolute Gasteiger partial charge is 0.339 e. The predicted octanol–water partition coefficient (Wildman–Crippen LogP) is -0.809. The van der Waals surface area contributed by atoms with Gasteiger partial charge in [0.25, 0.3) is 5.91 Å². The number of nitrogens with zero attached hydrogens (tertiary/aromatic N) is 1. The molecule has 4 N–H and O–H groups in total. The minimum absolute atomic E-state index is 0.235. The van der Waals surface area contributed by atoms with E-state index in [4.69, 9.17) is 0 Å². The van der Waals surface area contributed by atoms with E-state index < -0.39 is 17.9 Å². The molecular weight excluding hydrogens is 248 g/mol. The van der Waals surface area contributed by atoms with E-state index in [0.29, 0.717) is 6.42 Å². The van der Waals surface area contributed by atoms with Crippen LogP contribution in [-0.4, -0.2) is 35.8 Å². The average molecular weight is 264 g/mol. The zero-order valence-electron chi connectivity index (χ0n) is 10.6. The topological polar surface area (TPSA) is 114 Å². The lowest BCUT2D eigenvalue weighted by atomic mass is 10.1. The van der Waals surface area contributed by atoms with Crippen molar-refractivity contribution in [3.05, 3.63) is 30.1 Å². The first-order chi connectivity index (χ1) is 9.16. The number of piperidine rings is 1. The Labute approximate surface area is 110 Å². The minimum atomic E-state index is -0.665. The molecule has 1 aliphatic heterocycles. The molecule has 1 saturated heterocycles. The molecule has 7 heteroatoms. The van der Waals surface area contributed by atoms with Crippen LogP contribution in [-0.2, 0) is 9.59 Å². The quantitative estimate of drug-likeness (QED) is 0.604. The Kier molecular flexibility index (Phi) is 5.62. The van der Waals surface area contributed by atoms with Gasteiger partial charge in [0.05, 0.1) is 0 Å². The van der Waals surface area contributed by atoms with Gasteiger partial charge in [-0.05, 0) is 25.6 Å². The van der Waals surface area contributed by atoms with Crippen molar-refractivity contribution in [3.63, 3.8) is 0 Å². The summed E-state index contributed by atoms with van der Waals surface area (Å²) in [5.41, 5.74) is 4.75. The number of nitrogens with two attached hydrogens (primary N) is 1. The molecule has 102 valence electrons. The molecule has 7 nitrogen and oxygen atoms in total. The second kappa shape index (κ2) is 7.22. The van der Waals surface area contributed by atoms with E-state index in [1.165, 1.54) is 13.2 Å². The van der Waals surface area contributed by atoms with E-state index in [0.717, 1.165) is 0 Å². The summed E-state index contributed by atoms with van der Waals surface area (Å²) in [6.07, 6.45) is 2.06. The molecular formula is C12H16N4O3. The van der Waals surface area contributed by atoms with E-state index in [1.54, 1.807) is 18.2 Å². The van der Waals surface area contributed by atoms with Crippen LogP contribution in [0.1, 0.15) is 23.3 Å². The summed E-state index contributed by atoms with van der Waals surface area (Å²) in [5, 5.41) is 4.71. The molecule has 0 aromatic carbocycles. The first-order valence-electron chi connectivity index (χ1n) is 5.80. The van der Waals surface area contributed by atoms with Gasteiger partial charge in [-0.2, -0.15) is 0 Å². The van der Waals surface area contributed by atoms with Gasteiger partial charge < -0.3 is 11.1 Å². The summed E-state index contributed by atoms with van der Waals surface area (Å²) in [4.78, 5) is 37.9. The molecule has 1 aromatic rings. The van der Waals surface area contributed by atoms with Crippen molar-refractivity contribution in [2.24, 2.45) is 5.73 Å². The first-order valence-corrected chi connectivity index (χ1v) is 5.80. The van der Waals surface area contributed by atoms with Crippen LogP contribution in [0, 0.1) is 0 Å². The third kappa shape index (κ3) is 4.14. The smallest absolute Gasteiger partial charge is 0.270 e. The van der Waals surface area contributed by atoms with Crippen molar-refractivity contribution >= 4 is 17.7 Å². The van der Waals surface area contributed by atoms with Crippen molar-refractivity contribution in [1.29, 1.82) is 0 Å². The number of imide groups is 1. The number of carbonyl (C=O) groups excluding carboxylic acids is 3. The van der Waals surface area contributed by atoms with E-state index in [-0.39, 0.29) is 18.0 Å². The van der Waals surface area contributed by atoms with Gasteiger partial charge in [0.15, 0.2) is 0 Å². The zero-order valence-corrected chi connectivity index (χ0v) is 10.6. The molecule has 0 spiro atoms. The normalized spacial score (nSPS) is 17.9. The summed E-state index contributed by atoms with van der Waals surface area (Å²) in [6, 6.07) is 4.28. The van der Waals surface area contributed by atoms with Gasteiger partial charge >= 0.3 is 0 Å². The summed E-state index contributed by atoms with van der Waals surface area (Å²) in [7, 11) is 1.50. The fraction of sp³-hybridized carbons (Fsp3) is 0.333. The standard InChI is InChI=1S/C11H11N3O3.CH5N/c15-9-5-4-8(11(17)14-9)13-10(16)7-3-1-2-6-12-7;1-2/h1-3,6,8H,4-5H2,(H,13,16)(H,14,15,17);2H2,1H3. The lowest BCUT2D eigenvalue weighted by Gasteiger charge is -2.21. The number of pyridine rings is 1. The summed E-state index contributed by atoms with van der Waals surface area (Å²) >= 11 is 0. The predicted molar refractivity (Wildman–Crippen MR) is 68.0 cm³/mol. The molecule has 1 aliphatic rings. The van der Waals surface area contributed by atoms with Gasteiger partial charge in [-0.25, -0.2) is 0 Å². The van der Waals surface area contributed by atoms with Gasteiger partial charge in [-0.15, -0.1) is 0 Å². The van der Waals surface area contributed by atoms with Gasteiger partial charge in [-0.3, -0.25) is 24.7 Å². The monoisotopic (exact) mass is 264 g/mol. The van der Waals surface area contributed by atoms with Crippen molar-refractivity contribution in [2.75, 3.05) is 7.05 Å². The maximum Gasteiger partial charge on any atom is 0.270 e. The molecule has 19 heavy (non-hydrogen) atoms. The van der Waals surface area contributed by atoms with Crippen LogP contribution >= 0.6 is 0 Å². The molecule has 0 radical (unpaired) electrons. The minimum Gasteiger partial charge on any atom is -0.339 e. The zero-order chi connectivity index (χ0) is 14.3. The van der Waals surface area contributed by atoms with Gasteiger partial charge in [0, 0.05) is 12.6 Å². The molecule has 0 aliphatic carbocycles. The highest BCUT2D eigenvalue weighted by atomic mass is 16.2. The number of nitrogens with one attached hydrogen (secondary N) is 2. The van der Waals surface area contributed by atoms with Crippen LogP contribution in [0.5, 0.6) is 0 Å². The molecule has 3 amide bonds. The molecule has 1 atom stereocenters. The third-order valence-corrected chi connectivity index (χ3v) is 2.44. The van der Waals surface area contributed by atoms with Gasteiger partial charge in [0.1, 0.15) is 11.7 Å². The maximum atomic E-state index is 11.7. The molecule has 0 bridgehead atoms.